The number of thiazole rings is 1. The van der Waals surface area contributed by atoms with Crippen molar-refractivity contribution in [2.45, 2.75) is 45.2 Å². The van der Waals surface area contributed by atoms with Crippen LogP contribution in [0.15, 0.2) is 5.38 Å². The van der Waals surface area contributed by atoms with Gasteiger partial charge in [-0.1, -0.05) is 0 Å². The Morgan fingerprint density at radius 2 is 2.20 bits per heavy atom. The van der Waals surface area contributed by atoms with Gasteiger partial charge in [-0.2, -0.15) is 0 Å². The van der Waals surface area contributed by atoms with Gasteiger partial charge in [0, 0.05) is 24.9 Å². The maximum absolute atomic E-state index is 12.5. The number of piperazine rings is 1. The Labute approximate surface area is 122 Å². The molecular formula is C14H19N3O2S. The van der Waals surface area contributed by atoms with Gasteiger partial charge in [-0.15, -0.1) is 11.3 Å². The van der Waals surface area contributed by atoms with Crippen molar-refractivity contribution in [1.82, 2.24) is 14.8 Å². The Morgan fingerprint density at radius 3 is 2.90 bits per heavy atom. The smallest absolute Gasteiger partial charge is 0.246 e. The molecule has 108 valence electrons. The predicted octanol–water partition coefficient (Wildman–Crippen LogP) is 1.22. The molecule has 0 N–H and O–H groups in total. The molecule has 0 aliphatic carbocycles. The van der Waals surface area contributed by atoms with Crippen molar-refractivity contribution in [2.24, 2.45) is 0 Å². The van der Waals surface area contributed by atoms with Crippen LogP contribution in [0.4, 0.5) is 0 Å². The summed E-state index contributed by atoms with van der Waals surface area (Å²) in [6.07, 6.45) is 2.47. The van der Waals surface area contributed by atoms with Crippen molar-refractivity contribution in [1.29, 1.82) is 0 Å². The summed E-state index contributed by atoms with van der Waals surface area (Å²) in [4.78, 5) is 32.7. The minimum Gasteiger partial charge on any atom is -0.329 e. The molecule has 20 heavy (non-hydrogen) atoms. The van der Waals surface area contributed by atoms with E-state index >= 15 is 0 Å². The number of nitrogens with zero attached hydrogens (tertiary/aromatic N) is 3. The summed E-state index contributed by atoms with van der Waals surface area (Å²) in [5, 5.41) is 3.06. The largest absolute Gasteiger partial charge is 0.329 e. The lowest BCUT2D eigenvalue weighted by molar-refractivity contribution is -0.158. The van der Waals surface area contributed by atoms with E-state index in [0.717, 1.165) is 36.5 Å². The lowest BCUT2D eigenvalue weighted by atomic mass is 10.1. The second-order valence-corrected chi connectivity index (χ2v) is 6.57. The highest BCUT2D eigenvalue weighted by molar-refractivity contribution is 7.09. The fourth-order valence-corrected chi connectivity index (χ4v) is 3.75. The molecule has 0 bridgehead atoms. The number of hydrogen-bond acceptors (Lipinski definition) is 4. The van der Waals surface area contributed by atoms with E-state index in [0.29, 0.717) is 6.54 Å². The number of fused-ring (bicyclic) bond motifs is 1. The van der Waals surface area contributed by atoms with Crippen LogP contribution in [-0.4, -0.2) is 51.8 Å². The average Bonchev–Trinajstić information content (AvgIpc) is 3.05. The third-order valence-electron chi connectivity index (χ3n) is 4.20. The van der Waals surface area contributed by atoms with E-state index in [1.165, 1.54) is 0 Å². The van der Waals surface area contributed by atoms with Gasteiger partial charge in [0.2, 0.25) is 11.8 Å². The van der Waals surface area contributed by atoms with Gasteiger partial charge in [0.15, 0.2) is 0 Å². The van der Waals surface area contributed by atoms with Gasteiger partial charge in [-0.05, 0) is 26.7 Å². The van der Waals surface area contributed by atoms with E-state index in [1.54, 1.807) is 21.1 Å². The molecule has 2 unspecified atom stereocenters. The monoisotopic (exact) mass is 293 g/mol. The highest BCUT2D eigenvalue weighted by Gasteiger charge is 2.45. The van der Waals surface area contributed by atoms with E-state index in [-0.39, 0.29) is 23.9 Å². The van der Waals surface area contributed by atoms with E-state index in [1.807, 2.05) is 19.2 Å². The molecule has 5 nitrogen and oxygen atoms in total. The van der Waals surface area contributed by atoms with E-state index in [4.69, 9.17) is 0 Å². The van der Waals surface area contributed by atoms with Crippen LogP contribution in [-0.2, 0) is 16.0 Å². The number of carbonyl (C=O) groups is 2. The van der Waals surface area contributed by atoms with Crippen molar-refractivity contribution in [3.63, 3.8) is 0 Å². The Kier molecular flexibility index (Phi) is 3.50. The second kappa shape index (κ2) is 5.16. The molecule has 2 saturated heterocycles. The highest BCUT2D eigenvalue weighted by Crippen LogP contribution is 2.26. The second-order valence-electron chi connectivity index (χ2n) is 5.51. The number of aryl methyl sites for hydroxylation is 1. The summed E-state index contributed by atoms with van der Waals surface area (Å²) in [7, 11) is 0. The number of amides is 2. The first-order valence-electron chi connectivity index (χ1n) is 7.10. The number of hydrogen-bond donors (Lipinski definition) is 0. The summed E-state index contributed by atoms with van der Waals surface area (Å²) < 4.78 is 0. The zero-order valence-electron chi connectivity index (χ0n) is 11.8. The van der Waals surface area contributed by atoms with Crippen LogP contribution in [0.3, 0.4) is 0 Å². The minimum atomic E-state index is -0.336. The van der Waals surface area contributed by atoms with Gasteiger partial charge in [0.25, 0.3) is 0 Å². The molecule has 3 rings (SSSR count). The van der Waals surface area contributed by atoms with Gasteiger partial charge < -0.3 is 9.80 Å². The van der Waals surface area contributed by atoms with Crippen molar-refractivity contribution in [2.75, 3.05) is 13.1 Å². The van der Waals surface area contributed by atoms with Gasteiger partial charge in [0.1, 0.15) is 12.1 Å². The van der Waals surface area contributed by atoms with Gasteiger partial charge >= 0.3 is 0 Å². The molecule has 2 aliphatic rings. The molecule has 6 heteroatoms. The molecule has 0 aromatic carbocycles. The van der Waals surface area contributed by atoms with Crippen LogP contribution in [0.5, 0.6) is 0 Å². The fourth-order valence-electron chi connectivity index (χ4n) is 3.10. The van der Waals surface area contributed by atoms with Crippen LogP contribution < -0.4 is 0 Å². The molecule has 0 spiro atoms. The summed E-state index contributed by atoms with van der Waals surface area (Å²) in [5.74, 6) is 0.211. The van der Waals surface area contributed by atoms with E-state index in [2.05, 4.69) is 4.98 Å². The fraction of sp³-hybridized carbons (Fsp3) is 0.643. The number of carbonyl (C=O) groups excluding carboxylic acids is 2. The summed E-state index contributed by atoms with van der Waals surface area (Å²) >= 11 is 1.62. The topological polar surface area (TPSA) is 53.5 Å². The third kappa shape index (κ3) is 2.22. The van der Waals surface area contributed by atoms with Crippen LogP contribution >= 0.6 is 11.3 Å². The summed E-state index contributed by atoms with van der Waals surface area (Å²) in [6, 6.07) is -0.549. The van der Waals surface area contributed by atoms with Crippen LogP contribution in [0, 0.1) is 6.92 Å². The Balaban J connectivity index is 1.71. The Bertz CT molecular complexity index is 542. The van der Waals surface area contributed by atoms with Crippen molar-refractivity contribution in [3.05, 3.63) is 16.1 Å². The molecule has 2 fully saturated rings. The highest BCUT2D eigenvalue weighted by atomic mass is 32.1. The molecule has 3 heterocycles. The van der Waals surface area contributed by atoms with Crippen LogP contribution in [0.2, 0.25) is 0 Å². The quantitative estimate of drug-likeness (QED) is 0.842. The molecule has 2 amide bonds. The molecule has 0 saturated carbocycles. The van der Waals surface area contributed by atoms with Crippen molar-refractivity contribution in [3.8, 4) is 0 Å². The maximum atomic E-state index is 12.5. The lowest BCUT2D eigenvalue weighted by Crippen LogP contribution is -2.62. The van der Waals surface area contributed by atoms with Gasteiger partial charge in [-0.25, -0.2) is 4.98 Å². The van der Waals surface area contributed by atoms with Crippen LogP contribution in [0.1, 0.15) is 30.5 Å². The average molecular weight is 293 g/mol. The molecule has 2 atom stereocenters. The predicted molar refractivity (Wildman–Crippen MR) is 76.5 cm³/mol. The van der Waals surface area contributed by atoms with E-state index < -0.39 is 0 Å². The first-order chi connectivity index (χ1) is 9.58. The van der Waals surface area contributed by atoms with Gasteiger partial charge in [0.05, 0.1) is 10.7 Å². The molecule has 1 aromatic rings. The summed E-state index contributed by atoms with van der Waals surface area (Å²) in [6.45, 7) is 5.13. The van der Waals surface area contributed by atoms with E-state index in [9.17, 15) is 9.59 Å². The zero-order chi connectivity index (χ0) is 14.3. The van der Waals surface area contributed by atoms with Crippen LogP contribution in [0.25, 0.3) is 0 Å². The van der Waals surface area contributed by atoms with Crippen molar-refractivity contribution < 1.29 is 9.59 Å². The first kappa shape index (κ1) is 13.5. The SMILES string of the molecule is Cc1nc(CCN2C(=O)C3CCCN3C(=O)C2C)cs1. The Hall–Kier alpha value is -1.43. The summed E-state index contributed by atoms with van der Waals surface area (Å²) in [5.41, 5.74) is 1.01. The molecule has 0 radical (unpaired) electrons. The molecular weight excluding hydrogens is 274 g/mol. The van der Waals surface area contributed by atoms with Gasteiger partial charge in [-0.3, -0.25) is 9.59 Å². The molecule has 1 aromatic heterocycles. The normalized spacial score (nSPS) is 26.3. The first-order valence-corrected chi connectivity index (χ1v) is 7.98. The Morgan fingerprint density at radius 1 is 1.40 bits per heavy atom. The number of rotatable bonds is 3. The minimum absolute atomic E-state index is 0.0987. The van der Waals surface area contributed by atoms with Crippen molar-refractivity contribution >= 4 is 23.2 Å². The molecule has 2 aliphatic heterocycles. The standard InChI is InChI=1S/C14H19N3O2S/c1-9-13(18)17-6-3-4-12(17)14(19)16(9)7-5-11-8-20-10(2)15-11/h8-9,12H,3-7H2,1-2H3. The third-order valence-corrected chi connectivity index (χ3v) is 5.03. The lowest BCUT2D eigenvalue weighted by Gasteiger charge is -2.40. The number of aromatic nitrogens is 1. The maximum Gasteiger partial charge on any atom is 0.246 e. The zero-order valence-corrected chi connectivity index (χ0v) is 12.7.